The van der Waals surface area contributed by atoms with E-state index in [1.165, 1.54) is 0 Å². The van der Waals surface area contributed by atoms with E-state index in [0.29, 0.717) is 19.3 Å². The summed E-state index contributed by atoms with van der Waals surface area (Å²) in [6.07, 6.45) is 2.99. The summed E-state index contributed by atoms with van der Waals surface area (Å²) < 4.78 is 0. The van der Waals surface area contributed by atoms with Gasteiger partial charge in [0.2, 0.25) is 5.91 Å². The molecule has 1 unspecified atom stereocenters. The van der Waals surface area contributed by atoms with Crippen molar-refractivity contribution in [2.45, 2.75) is 19.3 Å². The van der Waals surface area contributed by atoms with E-state index in [-0.39, 0.29) is 12.5 Å². The minimum Gasteiger partial charge on any atom is -0.481 e. The number of carbonyl (C=O) groups excluding carboxylic acids is 1. The second-order valence-corrected chi connectivity index (χ2v) is 5.55. The summed E-state index contributed by atoms with van der Waals surface area (Å²) in [5, 5.41) is 14.3. The zero-order valence-electron chi connectivity index (χ0n) is 13.0. The zero-order valence-corrected chi connectivity index (χ0v) is 13.0. The molecule has 0 bridgehead atoms. The lowest BCUT2D eigenvalue weighted by molar-refractivity contribution is -0.141. The first-order valence-corrected chi connectivity index (χ1v) is 7.68. The van der Waals surface area contributed by atoms with Crippen LogP contribution in [0.2, 0.25) is 0 Å². The largest absolute Gasteiger partial charge is 0.481 e. The Hall–Kier alpha value is -2.62. The highest BCUT2D eigenvalue weighted by Gasteiger charge is 2.19. The smallest absolute Gasteiger partial charge is 0.308 e. The highest BCUT2D eigenvalue weighted by atomic mass is 16.4. The number of amides is 1. The van der Waals surface area contributed by atoms with Gasteiger partial charge >= 0.3 is 5.97 Å². The van der Waals surface area contributed by atoms with Crippen LogP contribution in [0.15, 0.2) is 55.1 Å². The van der Waals surface area contributed by atoms with Gasteiger partial charge in [-0.2, -0.15) is 0 Å². The van der Waals surface area contributed by atoms with Crippen LogP contribution in [0.3, 0.4) is 0 Å². The van der Waals surface area contributed by atoms with Crippen molar-refractivity contribution in [1.29, 1.82) is 0 Å². The monoisotopic (exact) mass is 311 g/mol. The van der Waals surface area contributed by atoms with E-state index in [0.717, 1.165) is 16.3 Å². The predicted octanol–water partition coefficient (Wildman–Crippen LogP) is 3.17. The lowest BCUT2D eigenvalue weighted by Crippen LogP contribution is -2.33. The van der Waals surface area contributed by atoms with E-state index >= 15 is 0 Å². The summed E-state index contributed by atoms with van der Waals surface area (Å²) in [5.74, 6) is -1.68. The van der Waals surface area contributed by atoms with E-state index in [1.54, 1.807) is 6.08 Å². The Morgan fingerprint density at radius 2 is 1.91 bits per heavy atom. The minimum absolute atomic E-state index is 0.137. The maximum Gasteiger partial charge on any atom is 0.308 e. The Morgan fingerprint density at radius 3 is 2.61 bits per heavy atom. The molecule has 0 aliphatic carbocycles. The number of carboxylic acid groups (broad SMARTS) is 1. The molecule has 4 heteroatoms. The fraction of sp³-hybridized carbons (Fsp3) is 0.263. The van der Waals surface area contributed by atoms with Crippen molar-refractivity contribution < 1.29 is 14.7 Å². The van der Waals surface area contributed by atoms with Gasteiger partial charge in [-0.25, -0.2) is 0 Å². The number of nitrogens with one attached hydrogen (secondary N) is 1. The molecule has 4 nitrogen and oxygen atoms in total. The van der Waals surface area contributed by atoms with Crippen LogP contribution in [-0.2, 0) is 16.0 Å². The third-order valence-electron chi connectivity index (χ3n) is 3.77. The van der Waals surface area contributed by atoms with E-state index in [2.05, 4.69) is 11.9 Å². The third kappa shape index (κ3) is 4.95. The normalized spacial score (nSPS) is 11.8. The molecule has 0 heterocycles. The predicted molar refractivity (Wildman–Crippen MR) is 91.2 cm³/mol. The Bertz CT molecular complexity index is 709. The molecule has 0 radical (unpaired) electrons. The Balaban J connectivity index is 2.01. The number of carboxylic acids is 1. The molecule has 1 atom stereocenters. The van der Waals surface area contributed by atoms with Crippen LogP contribution < -0.4 is 5.32 Å². The fourth-order valence-electron chi connectivity index (χ4n) is 2.46. The van der Waals surface area contributed by atoms with Gasteiger partial charge in [-0.15, -0.1) is 6.58 Å². The molecule has 0 aliphatic rings. The van der Waals surface area contributed by atoms with Gasteiger partial charge in [0.15, 0.2) is 0 Å². The van der Waals surface area contributed by atoms with E-state index in [1.807, 2.05) is 42.5 Å². The molecule has 0 fully saturated rings. The fourth-order valence-corrected chi connectivity index (χ4v) is 2.46. The minimum atomic E-state index is -0.901. The summed E-state index contributed by atoms with van der Waals surface area (Å²) in [7, 11) is 0. The number of benzene rings is 2. The lowest BCUT2D eigenvalue weighted by Gasteiger charge is -2.14. The van der Waals surface area contributed by atoms with Crippen LogP contribution in [0, 0.1) is 5.92 Å². The van der Waals surface area contributed by atoms with Crippen molar-refractivity contribution in [2.75, 3.05) is 6.54 Å². The molecule has 0 aromatic heterocycles. The first-order valence-electron chi connectivity index (χ1n) is 7.68. The Kier molecular flexibility index (Phi) is 5.92. The van der Waals surface area contributed by atoms with E-state index in [9.17, 15) is 14.7 Å². The van der Waals surface area contributed by atoms with Gasteiger partial charge < -0.3 is 10.4 Å². The van der Waals surface area contributed by atoms with Crippen molar-refractivity contribution in [3.05, 3.63) is 60.7 Å². The van der Waals surface area contributed by atoms with Crippen molar-refractivity contribution in [3.8, 4) is 0 Å². The zero-order chi connectivity index (χ0) is 16.7. The van der Waals surface area contributed by atoms with Crippen LogP contribution >= 0.6 is 0 Å². The van der Waals surface area contributed by atoms with Crippen molar-refractivity contribution in [3.63, 3.8) is 0 Å². The average Bonchev–Trinajstić information content (AvgIpc) is 2.56. The van der Waals surface area contributed by atoms with Gasteiger partial charge in [0.1, 0.15) is 0 Å². The van der Waals surface area contributed by atoms with Crippen molar-refractivity contribution >= 4 is 22.6 Å². The average molecular weight is 311 g/mol. The molecule has 2 aromatic carbocycles. The molecule has 0 saturated carbocycles. The SMILES string of the molecule is C=CCCC(=O)NCC(Cc1ccc2ccccc2c1)C(=O)O. The standard InChI is InChI=1S/C19H21NO3/c1-2-3-8-18(21)20-13-17(19(22)23)12-14-9-10-15-6-4-5-7-16(15)11-14/h2,4-7,9-11,17H,1,3,8,12-13H2,(H,20,21)(H,22,23). The van der Waals surface area contributed by atoms with Crippen LogP contribution in [0.1, 0.15) is 18.4 Å². The number of rotatable bonds is 8. The van der Waals surface area contributed by atoms with Gasteiger partial charge in [-0.1, -0.05) is 48.5 Å². The molecular weight excluding hydrogens is 290 g/mol. The topological polar surface area (TPSA) is 66.4 Å². The molecule has 23 heavy (non-hydrogen) atoms. The van der Waals surface area contributed by atoms with Gasteiger partial charge in [-0.05, 0) is 29.2 Å². The number of hydrogen-bond donors (Lipinski definition) is 2. The van der Waals surface area contributed by atoms with Gasteiger partial charge in [-0.3, -0.25) is 9.59 Å². The summed E-state index contributed by atoms with van der Waals surface area (Å²) in [6, 6.07) is 13.9. The maximum atomic E-state index is 11.6. The van der Waals surface area contributed by atoms with Crippen LogP contribution in [0.25, 0.3) is 10.8 Å². The van der Waals surface area contributed by atoms with Crippen molar-refractivity contribution in [1.82, 2.24) is 5.32 Å². The maximum absolute atomic E-state index is 11.6. The van der Waals surface area contributed by atoms with Gasteiger partial charge in [0.05, 0.1) is 5.92 Å². The van der Waals surface area contributed by atoms with E-state index in [4.69, 9.17) is 0 Å². The summed E-state index contributed by atoms with van der Waals surface area (Å²) >= 11 is 0. The summed E-state index contributed by atoms with van der Waals surface area (Å²) in [4.78, 5) is 23.0. The van der Waals surface area contributed by atoms with Gasteiger partial charge in [0, 0.05) is 13.0 Å². The van der Waals surface area contributed by atoms with Crippen molar-refractivity contribution in [2.24, 2.45) is 5.92 Å². The third-order valence-corrected chi connectivity index (χ3v) is 3.77. The van der Waals surface area contributed by atoms with E-state index < -0.39 is 11.9 Å². The molecule has 0 saturated heterocycles. The molecular formula is C19H21NO3. The molecule has 0 aliphatic heterocycles. The Morgan fingerprint density at radius 1 is 1.17 bits per heavy atom. The highest BCUT2D eigenvalue weighted by Crippen LogP contribution is 2.18. The number of fused-ring (bicyclic) bond motifs is 1. The molecule has 2 rings (SSSR count). The lowest BCUT2D eigenvalue weighted by atomic mass is 9.97. The number of hydrogen-bond acceptors (Lipinski definition) is 2. The highest BCUT2D eigenvalue weighted by molar-refractivity contribution is 5.83. The summed E-state index contributed by atoms with van der Waals surface area (Å²) in [6.45, 7) is 3.70. The van der Waals surface area contributed by atoms with Crippen LogP contribution in [0.4, 0.5) is 0 Å². The second kappa shape index (κ2) is 8.13. The Labute approximate surface area is 135 Å². The van der Waals surface area contributed by atoms with Gasteiger partial charge in [0.25, 0.3) is 0 Å². The molecule has 120 valence electrons. The second-order valence-electron chi connectivity index (χ2n) is 5.55. The van der Waals surface area contributed by atoms with Crippen LogP contribution in [0.5, 0.6) is 0 Å². The molecule has 2 aromatic rings. The first kappa shape index (κ1) is 16.7. The molecule has 1 amide bonds. The number of allylic oxidation sites excluding steroid dienone is 1. The quantitative estimate of drug-likeness (QED) is 0.736. The van der Waals surface area contributed by atoms with Crippen LogP contribution in [-0.4, -0.2) is 23.5 Å². The summed E-state index contributed by atoms with van der Waals surface area (Å²) in [5.41, 5.74) is 0.955. The number of aliphatic carboxylic acids is 1. The molecule has 2 N–H and O–H groups in total. The first-order chi connectivity index (χ1) is 11.1. The number of carbonyl (C=O) groups is 2. The molecule has 0 spiro atoms.